The number of aliphatic hydroxyl groups is 1. The van der Waals surface area contributed by atoms with Gasteiger partial charge in [0.2, 0.25) is 0 Å². The van der Waals surface area contributed by atoms with Crippen molar-refractivity contribution >= 4 is 17.0 Å². The highest BCUT2D eigenvalue weighted by atomic mass is 16.4. The smallest absolute Gasteiger partial charge is 0.303 e. The van der Waals surface area contributed by atoms with E-state index < -0.39 is 5.97 Å². The molecule has 0 saturated carbocycles. The van der Waals surface area contributed by atoms with Crippen LogP contribution in [-0.4, -0.2) is 32.3 Å². The highest BCUT2D eigenvalue weighted by Gasteiger charge is 2.10. The van der Waals surface area contributed by atoms with Gasteiger partial charge in [0.15, 0.2) is 0 Å². The first-order valence-electron chi connectivity index (χ1n) is 5.99. The number of rotatable bonds is 6. The Kier molecular flexibility index (Phi) is 3.94. The summed E-state index contributed by atoms with van der Waals surface area (Å²) < 4.78 is 1.96. The molecule has 0 aliphatic rings. The van der Waals surface area contributed by atoms with Gasteiger partial charge in [-0.1, -0.05) is 12.1 Å². The van der Waals surface area contributed by atoms with E-state index in [-0.39, 0.29) is 13.0 Å². The second-order valence-electron chi connectivity index (χ2n) is 4.14. The van der Waals surface area contributed by atoms with Crippen molar-refractivity contribution in [3.05, 3.63) is 30.1 Å². The molecule has 0 spiro atoms. The predicted molar refractivity (Wildman–Crippen MR) is 67.4 cm³/mol. The van der Waals surface area contributed by atoms with E-state index in [1.807, 2.05) is 28.8 Å². The zero-order valence-electron chi connectivity index (χ0n) is 10.0. The molecule has 1 aromatic heterocycles. The molecule has 18 heavy (non-hydrogen) atoms. The molecule has 2 rings (SSSR count). The van der Waals surface area contributed by atoms with Crippen molar-refractivity contribution in [2.24, 2.45) is 0 Å². The van der Waals surface area contributed by atoms with E-state index >= 15 is 0 Å². The molecule has 5 heteroatoms. The van der Waals surface area contributed by atoms with Crippen molar-refractivity contribution in [3.8, 4) is 0 Å². The van der Waals surface area contributed by atoms with Crippen molar-refractivity contribution in [2.75, 3.05) is 6.61 Å². The van der Waals surface area contributed by atoms with E-state index in [1.54, 1.807) is 0 Å². The largest absolute Gasteiger partial charge is 0.481 e. The molecule has 0 atom stereocenters. The van der Waals surface area contributed by atoms with Crippen molar-refractivity contribution in [1.82, 2.24) is 9.55 Å². The lowest BCUT2D eigenvalue weighted by Crippen LogP contribution is -2.07. The summed E-state index contributed by atoms with van der Waals surface area (Å²) in [4.78, 5) is 15.0. The second-order valence-corrected chi connectivity index (χ2v) is 4.14. The lowest BCUT2D eigenvalue weighted by Gasteiger charge is -2.06. The summed E-state index contributed by atoms with van der Waals surface area (Å²) in [6.45, 7) is 0.537. The molecular weight excluding hydrogens is 232 g/mol. The fourth-order valence-electron chi connectivity index (χ4n) is 2.06. The fraction of sp³-hybridized carbons (Fsp3) is 0.385. The molecule has 0 fully saturated rings. The summed E-state index contributed by atoms with van der Waals surface area (Å²) in [6, 6.07) is 7.72. The number of carbonyl (C=O) groups is 1. The number of benzene rings is 1. The zero-order chi connectivity index (χ0) is 13.0. The van der Waals surface area contributed by atoms with Crippen LogP contribution in [0.15, 0.2) is 24.3 Å². The number of para-hydroxylation sites is 2. The lowest BCUT2D eigenvalue weighted by molar-refractivity contribution is -0.137. The molecule has 0 aliphatic heterocycles. The number of nitrogens with zero attached hydrogens (tertiary/aromatic N) is 2. The SMILES string of the molecule is O=C(O)CCCc1nc2ccccc2n1CCO. The molecule has 0 aliphatic carbocycles. The molecule has 0 saturated heterocycles. The Hall–Kier alpha value is -1.88. The fourth-order valence-corrected chi connectivity index (χ4v) is 2.06. The first-order valence-corrected chi connectivity index (χ1v) is 5.99. The van der Waals surface area contributed by atoms with E-state index in [0.29, 0.717) is 19.4 Å². The van der Waals surface area contributed by atoms with Gasteiger partial charge in [-0.2, -0.15) is 0 Å². The van der Waals surface area contributed by atoms with Gasteiger partial charge in [0.05, 0.1) is 17.6 Å². The minimum Gasteiger partial charge on any atom is -0.481 e. The molecule has 1 heterocycles. The first-order chi connectivity index (χ1) is 8.72. The second kappa shape index (κ2) is 5.64. The number of hydrogen-bond donors (Lipinski definition) is 2. The Labute approximate surface area is 105 Å². The summed E-state index contributed by atoms with van der Waals surface area (Å²) in [5.74, 6) is 0.0475. The van der Waals surface area contributed by atoms with Gasteiger partial charge in [-0.15, -0.1) is 0 Å². The van der Waals surface area contributed by atoms with Gasteiger partial charge in [-0.3, -0.25) is 4.79 Å². The number of carboxylic acid groups (broad SMARTS) is 1. The Morgan fingerprint density at radius 1 is 1.33 bits per heavy atom. The first kappa shape index (κ1) is 12.6. The molecule has 5 nitrogen and oxygen atoms in total. The van der Waals surface area contributed by atoms with Gasteiger partial charge in [0.1, 0.15) is 5.82 Å². The highest BCUT2D eigenvalue weighted by Crippen LogP contribution is 2.17. The number of aliphatic carboxylic acids is 1. The topological polar surface area (TPSA) is 75.3 Å². The van der Waals surface area contributed by atoms with Crippen molar-refractivity contribution in [1.29, 1.82) is 0 Å². The van der Waals surface area contributed by atoms with Crippen LogP contribution in [0.2, 0.25) is 0 Å². The Balaban J connectivity index is 2.24. The summed E-state index contributed by atoms with van der Waals surface area (Å²) in [5, 5.41) is 17.7. The molecule has 0 amide bonds. The molecule has 1 aromatic carbocycles. The maximum Gasteiger partial charge on any atom is 0.303 e. The molecule has 0 unspecified atom stereocenters. The Bertz CT molecular complexity index is 548. The normalized spacial score (nSPS) is 10.9. The number of carboxylic acids is 1. The van der Waals surface area contributed by atoms with E-state index in [9.17, 15) is 4.79 Å². The molecule has 2 aromatic rings. The average Bonchev–Trinajstić information content (AvgIpc) is 2.68. The molecule has 0 bridgehead atoms. The quantitative estimate of drug-likeness (QED) is 0.811. The van der Waals surface area contributed by atoms with E-state index in [1.165, 1.54) is 0 Å². The van der Waals surface area contributed by atoms with Crippen molar-refractivity contribution in [3.63, 3.8) is 0 Å². The van der Waals surface area contributed by atoms with Gasteiger partial charge in [0.25, 0.3) is 0 Å². The Morgan fingerprint density at radius 3 is 2.83 bits per heavy atom. The minimum atomic E-state index is -0.792. The van der Waals surface area contributed by atoms with Crippen LogP contribution in [0.1, 0.15) is 18.7 Å². The van der Waals surface area contributed by atoms with Crippen LogP contribution in [0.25, 0.3) is 11.0 Å². The van der Waals surface area contributed by atoms with Crippen LogP contribution in [0.3, 0.4) is 0 Å². The number of hydrogen-bond acceptors (Lipinski definition) is 3. The lowest BCUT2D eigenvalue weighted by atomic mass is 10.2. The predicted octanol–water partition coefficient (Wildman–Crippen LogP) is 1.44. The molecule has 96 valence electrons. The third-order valence-corrected chi connectivity index (χ3v) is 2.85. The number of aromatic nitrogens is 2. The molecule has 2 N–H and O–H groups in total. The standard InChI is InChI=1S/C13H16N2O3/c16-9-8-15-11-5-2-1-4-10(11)14-12(15)6-3-7-13(17)18/h1-2,4-5,16H,3,6-9H2,(H,17,18). The van der Waals surface area contributed by atoms with Crippen LogP contribution in [0, 0.1) is 0 Å². The van der Waals surface area contributed by atoms with E-state index in [4.69, 9.17) is 10.2 Å². The third kappa shape index (κ3) is 2.68. The molecular formula is C13H16N2O3. The Morgan fingerprint density at radius 2 is 2.11 bits per heavy atom. The van der Waals surface area contributed by atoms with E-state index in [2.05, 4.69) is 4.98 Å². The van der Waals surface area contributed by atoms with Crippen molar-refractivity contribution in [2.45, 2.75) is 25.8 Å². The summed E-state index contributed by atoms with van der Waals surface area (Å²) in [7, 11) is 0. The summed E-state index contributed by atoms with van der Waals surface area (Å²) >= 11 is 0. The van der Waals surface area contributed by atoms with E-state index in [0.717, 1.165) is 16.9 Å². The minimum absolute atomic E-state index is 0.0479. The van der Waals surface area contributed by atoms with Gasteiger partial charge < -0.3 is 14.8 Å². The third-order valence-electron chi connectivity index (χ3n) is 2.85. The number of imidazole rings is 1. The van der Waals surface area contributed by atoms with Gasteiger partial charge in [-0.05, 0) is 18.6 Å². The van der Waals surface area contributed by atoms with Gasteiger partial charge in [0, 0.05) is 19.4 Å². The van der Waals surface area contributed by atoms with Gasteiger partial charge >= 0.3 is 5.97 Å². The summed E-state index contributed by atoms with van der Waals surface area (Å²) in [5.41, 5.74) is 1.87. The van der Waals surface area contributed by atoms with Crippen LogP contribution in [0.5, 0.6) is 0 Å². The molecule has 0 radical (unpaired) electrons. The zero-order valence-corrected chi connectivity index (χ0v) is 10.0. The number of aryl methyl sites for hydroxylation is 1. The van der Waals surface area contributed by atoms with Crippen LogP contribution < -0.4 is 0 Å². The number of aliphatic hydroxyl groups excluding tert-OH is 1. The van der Waals surface area contributed by atoms with Crippen LogP contribution in [0.4, 0.5) is 0 Å². The average molecular weight is 248 g/mol. The maximum atomic E-state index is 10.5. The maximum absolute atomic E-state index is 10.5. The van der Waals surface area contributed by atoms with Crippen molar-refractivity contribution < 1.29 is 15.0 Å². The highest BCUT2D eigenvalue weighted by molar-refractivity contribution is 5.75. The number of fused-ring (bicyclic) bond motifs is 1. The monoisotopic (exact) mass is 248 g/mol. The van der Waals surface area contributed by atoms with Crippen LogP contribution in [-0.2, 0) is 17.8 Å². The van der Waals surface area contributed by atoms with Gasteiger partial charge in [-0.25, -0.2) is 4.98 Å². The summed E-state index contributed by atoms with van der Waals surface area (Å²) in [6.07, 6.45) is 1.31. The van der Waals surface area contributed by atoms with Crippen LogP contribution >= 0.6 is 0 Å².